The van der Waals surface area contributed by atoms with Crippen molar-refractivity contribution >= 4 is 29.9 Å². The van der Waals surface area contributed by atoms with Gasteiger partial charge in [-0.25, -0.2) is 9.59 Å². The first kappa shape index (κ1) is 18.7. The molecule has 1 spiro atoms. The Balaban J connectivity index is 1.49. The molecule has 1 aliphatic heterocycles. The van der Waals surface area contributed by atoms with Crippen molar-refractivity contribution in [2.75, 3.05) is 6.61 Å². The summed E-state index contributed by atoms with van der Waals surface area (Å²) in [6.45, 7) is 1.48. The summed E-state index contributed by atoms with van der Waals surface area (Å²) in [7, 11) is 0. The van der Waals surface area contributed by atoms with Crippen molar-refractivity contribution < 1.29 is 28.3 Å². The number of hydrazine groups is 1. The van der Waals surface area contributed by atoms with Crippen LogP contribution in [0.2, 0.25) is 0 Å². The van der Waals surface area contributed by atoms with Gasteiger partial charge in [0.2, 0.25) is 0 Å². The van der Waals surface area contributed by atoms with Crippen LogP contribution in [0.1, 0.15) is 38.4 Å². The zero-order chi connectivity index (χ0) is 19.4. The number of nitrogens with one attached hydrogen (secondary N) is 2. The van der Waals surface area contributed by atoms with Gasteiger partial charge >= 0.3 is 12.0 Å². The van der Waals surface area contributed by atoms with Crippen molar-refractivity contribution in [2.24, 2.45) is 5.92 Å². The van der Waals surface area contributed by atoms with Crippen LogP contribution in [0.25, 0.3) is 6.08 Å². The van der Waals surface area contributed by atoms with Crippen LogP contribution in [0.15, 0.2) is 28.9 Å². The molecule has 1 aromatic rings. The molecule has 1 saturated carbocycles. The Morgan fingerprint density at radius 3 is 2.81 bits per heavy atom. The number of carbonyl (C=O) groups excluding carboxylic acids is 4. The number of imide groups is 1. The molecule has 9 nitrogen and oxygen atoms in total. The first-order valence-electron chi connectivity index (χ1n) is 8.74. The summed E-state index contributed by atoms with van der Waals surface area (Å²) >= 11 is 0. The van der Waals surface area contributed by atoms with Gasteiger partial charge in [-0.1, -0.05) is 6.92 Å². The number of hydrogen-bond acceptors (Lipinski definition) is 6. The molecular weight excluding hydrogens is 354 g/mol. The number of urea groups is 1. The van der Waals surface area contributed by atoms with E-state index in [1.807, 2.05) is 0 Å². The molecule has 27 heavy (non-hydrogen) atoms. The lowest BCUT2D eigenvalue weighted by Crippen LogP contribution is -2.52. The smallest absolute Gasteiger partial charge is 0.344 e. The van der Waals surface area contributed by atoms with Crippen LogP contribution in [0.5, 0.6) is 0 Å². The van der Waals surface area contributed by atoms with Gasteiger partial charge < -0.3 is 14.5 Å². The molecule has 0 atom stereocenters. The third kappa shape index (κ3) is 4.18. The maximum Gasteiger partial charge on any atom is 0.344 e. The number of rotatable bonds is 5. The van der Waals surface area contributed by atoms with E-state index in [0.717, 1.165) is 18.9 Å². The van der Waals surface area contributed by atoms with Gasteiger partial charge in [-0.2, -0.15) is 5.01 Å². The van der Waals surface area contributed by atoms with E-state index in [1.165, 1.54) is 12.3 Å². The molecule has 0 bridgehead atoms. The maximum atomic E-state index is 12.6. The predicted molar refractivity (Wildman–Crippen MR) is 92.6 cm³/mol. The van der Waals surface area contributed by atoms with Crippen molar-refractivity contribution in [2.45, 2.75) is 38.1 Å². The number of ether oxygens (including phenoxy) is 1. The van der Waals surface area contributed by atoms with Gasteiger partial charge in [0.1, 0.15) is 11.3 Å². The number of nitrogens with zero attached hydrogens (tertiary/aromatic N) is 1. The molecule has 0 unspecified atom stereocenters. The normalized spacial score (nSPS) is 25.1. The van der Waals surface area contributed by atoms with Crippen LogP contribution in [-0.4, -0.2) is 41.0 Å². The molecule has 144 valence electrons. The van der Waals surface area contributed by atoms with Crippen LogP contribution < -0.4 is 10.7 Å². The van der Waals surface area contributed by atoms with E-state index in [4.69, 9.17) is 9.15 Å². The van der Waals surface area contributed by atoms with Crippen LogP contribution in [0.3, 0.4) is 0 Å². The topological polar surface area (TPSA) is 118 Å². The second kappa shape index (κ2) is 7.65. The van der Waals surface area contributed by atoms with E-state index < -0.39 is 36.0 Å². The number of amides is 4. The van der Waals surface area contributed by atoms with Crippen LogP contribution in [-0.2, 0) is 19.1 Å². The molecule has 9 heteroatoms. The lowest BCUT2D eigenvalue weighted by Gasteiger charge is -2.33. The Morgan fingerprint density at radius 2 is 2.15 bits per heavy atom. The average molecular weight is 375 g/mol. The largest absolute Gasteiger partial charge is 0.465 e. The Morgan fingerprint density at radius 1 is 1.41 bits per heavy atom. The molecule has 1 saturated heterocycles. The van der Waals surface area contributed by atoms with Gasteiger partial charge in [-0.3, -0.25) is 15.0 Å². The van der Waals surface area contributed by atoms with Gasteiger partial charge in [-0.15, -0.1) is 0 Å². The van der Waals surface area contributed by atoms with Crippen molar-refractivity contribution in [1.29, 1.82) is 0 Å². The van der Waals surface area contributed by atoms with Crippen LogP contribution in [0, 0.1) is 5.92 Å². The lowest BCUT2D eigenvalue weighted by atomic mass is 9.77. The lowest BCUT2D eigenvalue weighted by molar-refractivity contribution is -0.147. The van der Waals surface area contributed by atoms with Gasteiger partial charge in [-0.05, 0) is 49.8 Å². The monoisotopic (exact) mass is 375 g/mol. The highest BCUT2D eigenvalue weighted by Gasteiger charge is 2.52. The minimum absolute atomic E-state index is 0.461. The van der Waals surface area contributed by atoms with Crippen molar-refractivity contribution in [3.8, 4) is 0 Å². The summed E-state index contributed by atoms with van der Waals surface area (Å²) in [6.07, 6.45) is 6.69. The molecule has 1 aromatic heterocycles. The minimum Gasteiger partial charge on any atom is -0.465 e. The van der Waals surface area contributed by atoms with Gasteiger partial charge in [0.15, 0.2) is 6.61 Å². The van der Waals surface area contributed by atoms with E-state index in [2.05, 4.69) is 17.7 Å². The second-order valence-corrected chi connectivity index (χ2v) is 6.83. The average Bonchev–Trinajstić information content (AvgIpc) is 3.24. The summed E-state index contributed by atoms with van der Waals surface area (Å²) in [6, 6.07) is 2.64. The second-order valence-electron chi connectivity index (χ2n) is 6.83. The molecule has 1 aliphatic carbocycles. The van der Waals surface area contributed by atoms with Crippen LogP contribution >= 0.6 is 0 Å². The van der Waals surface area contributed by atoms with E-state index in [-0.39, 0.29) is 0 Å². The predicted octanol–water partition coefficient (Wildman–Crippen LogP) is 1.37. The van der Waals surface area contributed by atoms with Crippen molar-refractivity contribution in [3.63, 3.8) is 0 Å². The molecule has 2 heterocycles. The molecular formula is C18H21N3O6. The van der Waals surface area contributed by atoms with Gasteiger partial charge in [0.05, 0.1) is 6.26 Å². The SMILES string of the molecule is CC1CCC2(CC1)NC(=O)N(NC(=O)COC(=O)/C=C/c1ccco1)C2=O. The number of hydrogen-bond donors (Lipinski definition) is 2. The number of furan rings is 1. The van der Waals surface area contributed by atoms with Gasteiger partial charge in [0.25, 0.3) is 11.8 Å². The van der Waals surface area contributed by atoms with E-state index in [1.54, 1.807) is 12.1 Å². The summed E-state index contributed by atoms with van der Waals surface area (Å²) in [4.78, 5) is 48.2. The molecule has 2 aliphatic rings. The standard InChI is InChI=1S/C18H21N3O6/c1-12-6-8-18(9-7-12)16(24)21(17(25)19-18)20-14(22)11-27-15(23)5-4-13-3-2-10-26-13/h2-5,10,12H,6-9,11H2,1H3,(H,19,25)(H,20,22)/b5-4+. The molecule has 0 aromatic carbocycles. The summed E-state index contributed by atoms with van der Waals surface area (Å²) in [5, 5.41) is 3.36. The van der Waals surface area contributed by atoms with E-state index in [0.29, 0.717) is 29.5 Å². The van der Waals surface area contributed by atoms with E-state index >= 15 is 0 Å². The Hall–Kier alpha value is -3.10. The highest BCUT2D eigenvalue weighted by Crippen LogP contribution is 2.35. The molecule has 2 N–H and O–H groups in total. The zero-order valence-corrected chi connectivity index (χ0v) is 14.9. The molecule has 4 amide bonds. The van der Waals surface area contributed by atoms with Crippen LogP contribution in [0.4, 0.5) is 4.79 Å². The minimum atomic E-state index is -0.945. The number of carbonyl (C=O) groups is 4. The Kier molecular flexibility index (Phi) is 5.29. The third-order valence-corrected chi connectivity index (χ3v) is 4.80. The highest BCUT2D eigenvalue weighted by molar-refractivity contribution is 6.08. The molecule has 2 fully saturated rings. The fourth-order valence-electron chi connectivity index (χ4n) is 3.19. The summed E-state index contributed by atoms with van der Waals surface area (Å²) in [5.41, 5.74) is 1.25. The first-order valence-corrected chi connectivity index (χ1v) is 8.74. The molecule has 3 rings (SSSR count). The first-order chi connectivity index (χ1) is 12.9. The third-order valence-electron chi connectivity index (χ3n) is 4.80. The van der Waals surface area contributed by atoms with Gasteiger partial charge in [0, 0.05) is 6.08 Å². The zero-order valence-electron chi connectivity index (χ0n) is 14.9. The maximum absolute atomic E-state index is 12.6. The number of esters is 1. The van der Waals surface area contributed by atoms with Crippen molar-refractivity contribution in [1.82, 2.24) is 15.8 Å². The fraction of sp³-hybridized carbons (Fsp3) is 0.444. The quantitative estimate of drug-likeness (QED) is 0.456. The molecule has 0 radical (unpaired) electrons. The Bertz CT molecular complexity index is 762. The van der Waals surface area contributed by atoms with E-state index in [9.17, 15) is 19.2 Å². The van der Waals surface area contributed by atoms with Crippen molar-refractivity contribution in [3.05, 3.63) is 30.2 Å². The highest BCUT2D eigenvalue weighted by atomic mass is 16.5. The summed E-state index contributed by atoms with van der Waals surface area (Å²) in [5.74, 6) is -1.05. The fourth-order valence-corrected chi connectivity index (χ4v) is 3.19. The summed E-state index contributed by atoms with van der Waals surface area (Å²) < 4.78 is 9.81. The Labute approximate surface area is 155 Å².